The number of hydrogen-bond donors (Lipinski definition) is 1. The quantitative estimate of drug-likeness (QED) is 0.775. The van der Waals surface area contributed by atoms with Gasteiger partial charge in [0.1, 0.15) is 0 Å². The molecule has 1 aromatic carbocycles. The predicted octanol–water partition coefficient (Wildman–Crippen LogP) is 2.54. The second-order valence-electron chi connectivity index (χ2n) is 2.84. The third kappa shape index (κ3) is 2.88. The summed E-state index contributed by atoms with van der Waals surface area (Å²) in [5.41, 5.74) is 3.18. The van der Waals surface area contributed by atoms with E-state index in [0.29, 0.717) is 5.56 Å². The largest absolute Gasteiger partial charge is 0.374 e. The first-order chi connectivity index (χ1) is 6.77. The molecule has 1 N–H and O–H groups in total. The number of aliphatic hydroxyl groups is 1. The molecular formula is C11H10ClNO. The second kappa shape index (κ2) is 5.43. The molecule has 1 unspecified atom stereocenters. The van der Waals surface area contributed by atoms with Crippen LogP contribution in [-0.4, -0.2) is 5.11 Å². The summed E-state index contributed by atoms with van der Waals surface area (Å²) in [6.45, 7) is 0. The van der Waals surface area contributed by atoms with Gasteiger partial charge < -0.3 is 5.11 Å². The van der Waals surface area contributed by atoms with Gasteiger partial charge >= 0.3 is 0 Å². The standard InChI is InChI=1S/C11H10ClNO/c12-7-1-2-9-3-5-10(6-4-9)11(14)8-13/h1,3-7,11,14H,2H2/b7-1-. The Labute approximate surface area is 88.1 Å². The Balaban J connectivity index is 2.74. The highest BCUT2D eigenvalue weighted by Crippen LogP contribution is 2.13. The number of allylic oxidation sites excluding steroid dienone is 1. The highest BCUT2D eigenvalue weighted by Gasteiger charge is 2.03. The van der Waals surface area contributed by atoms with Crippen LogP contribution in [0.2, 0.25) is 0 Å². The fraction of sp³-hybridized carbons (Fsp3) is 0.182. The van der Waals surface area contributed by atoms with E-state index in [4.69, 9.17) is 16.9 Å². The van der Waals surface area contributed by atoms with Crippen molar-refractivity contribution in [2.75, 3.05) is 0 Å². The molecule has 1 atom stereocenters. The molecule has 0 radical (unpaired) electrons. The third-order valence-corrected chi connectivity index (χ3v) is 2.04. The lowest BCUT2D eigenvalue weighted by molar-refractivity contribution is 0.236. The Morgan fingerprint density at radius 3 is 2.57 bits per heavy atom. The van der Waals surface area contributed by atoms with Crippen molar-refractivity contribution in [3.05, 3.63) is 47.0 Å². The van der Waals surface area contributed by atoms with Gasteiger partial charge in [-0.1, -0.05) is 41.9 Å². The van der Waals surface area contributed by atoms with Crippen LogP contribution >= 0.6 is 11.6 Å². The first-order valence-electron chi connectivity index (χ1n) is 4.19. The van der Waals surface area contributed by atoms with Gasteiger partial charge in [0, 0.05) is 5.54 Å². The minimum absolute atomic E-state index is 0.617. The van der Waals surface area contributed by atoms with Gasteiger partial charge in [-0.25, -0.2) is 0 Å². The van der Waals surface area contributed by atoms with Gasteiger partial charge in [-0.3, -0.25) is 0 Å². The van der Waals surface area contributed by atoms with Crippen molar-refractivity contribution >= 4 is 11.6 Å². The molecule has 0 heterocycles. The maximum absolute atomic E-state index is 9.20. The first-order valence-corrected chi connectivity index (χ1v) is 4.63. The van der Waals surface area contributed by atoms with Crippen molar-refractivity contribution in [1.82, 2.24) is 0 Å². The summed E-state index contributed by atoms with van der Waals surface area (Å²) in [5.74, 6) is 0. The van der Waals surface area contributed by atoms with Crippen LogP contribution in [0.15, 0.2) is 35.9 Å². The number of rotatable bonds is 3. The summed E-state index contributed by atoms with van der Waals surface area (Å²) < 4.78 is 0. The SMILES string of the molecule is N#CC(O)c1ccc(C/C=C\Cl)cc1. The molecular weight excluding hydrogens is 198 g/mol. The molecule has 0 fully saturated rings. The van der Waals surface area contributed by atoms with Crippen LogP contribution in [0.25, 0.3) is 0 Å². The number of benzene rings is 1. The average Bonchev–Trinajstić information content (AvgIpc) is 2.26. The van der Waals surface area contributed by atoms with Crippen LogP contribution in [0.5, 0.6) is 0 Å². The summed E-state index contributed by atoms with van der Waals surface area (Å²) >= 11 is 5.39. The van der Waals surface area contributed by atoms with E-state index in [2.05, 4.69) is 0 Å². The van der Waals surface area contributed by atoms with Crippen molar-refractivity contribution in [3.63, 3.8) is 0 Å². The topological polar surface area (TPSA) is 44.0 Å². The summed E-state index contributed by atoms with van der Waals surface area (Å²) in [5, 5.41) is 17.7. The fourth-order valence-electron chi connectivity index (χ4n) is 1.09. The number of nitrogens with zero attached hydrogens (tertiary/aromatic N) is 1. The molecule has 2 nitrogen and oxygen atoms in total. The van der Waals surface area contributed by atoms with Crippen molar-refractivity contribution < 1.29 is 5.11 Å². The average molecular weight is 208 g/mol. The van der Waals surface area contributed by atoms with E-state index >= 15 is 0 Å². The molecule has 1 aromatic rings. The van der Waals surface area contributed by atoms with Gasteiger partial charge in [0.15, 0.2) is 6.10 Å². The van der Waals surface area contributed by atoms with E-state index in [1.54, 1.807) is 18.2 Å². The predicted molar refractivity (Wildman–Crippen MR) is 55.7 cm³/mol. The Morgan fingerprint density at radius 1 is 1.43 bits per heavy atom. The van der Waals surface area contributed by atoms with E-state index in [1.807, 2.05) is 18.2 Å². The molecule has 0 saturated carbocycles. The van der Waals surface area contributed by atoms with Crippen molar-refractivity contribution in [2.24, 2.45) is 0 Å². The van der Waals surface area contributed by atoms with Gasteiger partial charge in [-0.2, -0.15) is 5.26 Å². The Morgan fingerprint density at radius 2 is 2.07 bits per heavy atom. The monoisotopic (exact) mass is 207 g/mol. The summed E-state index contributed by atoms with van der Waals surface area (Å²) in [6, 6.07) is 8.98. The van der Waals surface area contributed by atoms with E-state index in [1.165, 1.54) is 5.54 Å². The molecule has 0 aliphatic carbocycles. The summed E-state index contributed by atoms with van der Waals surface area (Å²) in [6.07, 6.45) is 1.55. The van der Waals surface area contributed by atoms with E-state index in [-0.39, 0.29) is 0 Å². The van der Waals surface area contributed by atoms with Crippen LogP contribution in [0.1, 0.15) is 17.2 Å². The van der Waals surface area contributed by atoms with E-state index in [9.17, 15) is 5.11 Å². The number of aliphatic hydroxyl groups excluding tert-OH is 1. The maximum atomic E-state index is 9.20. The molecule has 0 aliphatic heterocycles. The van der Waals surface area contributed by atoms with Crippen molar-refractivity contribution in [3.8, 4) is 6.07 Å². The zero-order chi connectivity index (χ0) is 10.4. The summed E-state index contributed by atoms with van der Waals surface area (Å²) in [7, 11) is 0. The lowest BCUT2D eigenvalue weighted by Crippen LogP contribution is -1.93. The van der Waals surface area contributed by atoms with E-state index in [0.717, 1.165) is 12.0 Å². The number of hydrogen-bond acceptors (Lipinski definition) is 2. The molecule has 72 valence electrons. The lowest BCUT2D eigenvalue weighted by atomic mass is 10.1. The molecule has 0 aliphatic rings. The highest BCUT2D eigenvalue weighted by molar-refractivity contribution is 6.25. The minimum atomic E-state index is -1.03. The first kappa shape index (κ1) is 10.8. The van der Waals surface area contributed by atoms with Crippen LogP contribution in [-0.2, 0) is 6.42 Å². The Kier molecular flexibility index (Phi) is 4.18. The lowest BCUT2D eigenvalue weighted by Gasteiger charge is -2.02. The van der Waals surface area contributed by atoms with Gasteiger partial charge in [-0.15, -0.1) is 0 Å². The Bertz CT molecular complexity index is 351. The van der Waals surface area contributed by atoms with Crippen LogP contribution in [0, 0.1) is 11.3 Å². The van der Waals surface area contributed by atoms with Gasteiger partial charge in [0.25, 0.3) is 0 Å². The number of halogens is 1. The summed E-state index contributed by atoms with van der Waals surface area (Å²) in [4.78, 5) is 0. The number of nitriles is 1. The van der Waals surface area contributed by atoms with Crippen LogP contribution < -0.4 is 0 Å². The molecule has 0 bridgehead atoms. The zero-order valence-corrected chi connectivity index (χ0v) is 8.28. The van der Waals surface area contributed by atoms with Gasteiger partial charge in [-0.05, 0) is 17.5 Å². The fourth-order valence-corrected chi connectivity index (χ4v) is 1.18. The molecule has 14 heavy (non-hydrogen) atoms. The molecule has 0 saturated heterocycles. The Hall–Kier alpha value is -1.30. The minimum Gasteiger partial charge on any atom is -0.374 e. The van der Waals surface area contributed by atoms with Crippen molar-refractivity contribution in [2.45, 2.75) is 12.5 Å². The van der Waals surface area contributed by atoms with Gasteiger partial charge in [0.05, 0.1) is 6.07 Å². The normalized spacial score (nSPS) is 12.6. The molecule has 0 spiro atoms. The maximum Gasteiger partial charge on any atom is 0.165 e. The molecule has 0 amide bonds. The van der Waals surface area contributed by atoms with E-state index < -0.39 is 6.10 Å². The zero-order valence-electron chi connectivity index (χ0n) is 7.52. The molecule has 0 aromatic heterocycles. The van der Waals surface area contributed by atoms with Gasteiger partial charge in [0.2, 0.25) is 0 Å². The smallest absolute Gasteiger partial charge is 0.165 e. The third-order valence-electron chi connectivity index (χ3n) is 1.86. The second-order valence-corrected chi connectivity index (χ2v) is 3.09. The van der Waals surface area contributed by atoms with Crippen LogP contribution in [0.4, 0.5) is 0 Å². The van der Waals surface area contributed by atoms with Crippen molar-refractivity contribution in [1.29, 1.82) is 5.26 Å². The van der Waals surface area contributed by atoms with Crippen LogP contribution in [0.3, 0.4) is 0 Å². The molecule has 1 rings (SSSR count). The highest BCUT2D eigenvalue weighted by atomic mass is 35.5. The molecule has 3 heteroatoms.